The molecule has 0 unspecified atom stereocenters. The first-order valence-electron chi connectivity index (χ1n) is 4.38. The van der Waals surface area contributed by atoms with E-state index in [0.29, 0.717) is 5.75 Å². The van der Waals surface area contributed by atoms with Gasteiger partial charge >= 0.3 is 0 Å². The van der Waals surface area contributed by atoms with Crippen molar-refractivity contribution in [1.82, 2.24) is 5.32 Å². The van der Waals surface area contributed by atoms with E-state index in [0.717, 1.165) is 11.1 Å². The molecule has 0 fully saturated rings. The van der Waals surface area contributed by atoms with Gasteiger partial charge in [0.15, 0.2) is 0 Å². The van der Waals surface area contributed by atoms with E-state index >= 15 is 0 Å². The predicted molar refractivity (Wildman–Crippen MR) is 57.3 cm³/mol. The normalized spacial score (nSPS) is 9.00. The second kappa shape index (κ2) is 5.60. The van der Waals surface area contributed by atoms with Gasteiger partial charge < -0.3 is 10.4 Å². The minimum Gasteiger partial charge on any atom is -0.508 e. The summed E-state index contributed by atoms with van der Waals surface area (Å²) < 4.78 is 0. The number of benzene rings is 1. The van der Waals surface area contributed by atoms with Crippen LogP contribution in [0.5, 0.6) is 5.75 Å². The lowest BCUT2D eigenvalue weighted by Crippen LogP contribution is -1.89. The first kappa shape index (κ1) is 12.0. The Morgan fingerprint density at radius 1 is 0.923 bits per heavy atom. The summed E-state index contributed by atoms with van der Waals surface area (Å²) in [5, 5.41) is 12.0. The summed E-state index contributed by atoms with van der Waals surface area (Å²) in [4.78, 5) is 0. The predicted octanol–water partition coefficient (Wildman–Crippen LogP) is 2.15. The van der Waals surface area contributed by atoms with Crippen LogP contribution in [-0.4, -0.2) is 19.2 Å². The minimum atomic E-state index is 0.392. The second-order valence-electron chi connectivity index (χ2n) is 3.22. The molecule has 1 rings (SSSR count). The molecule has 0 atom stereocenters. The van der Waals surface area contributed by atoms with Crippen LogP contribution in [0, 0.1) is 20.8 Å². The third-order valence-electron chi connectivity index (χ3n) is 1.81. The molecule has 74 valence electrons. The Morgan fingerprint density at radius 2 is 1.31 bits per heavy atom. The largest absolute Gasteiger partial charge is 0.508 e. The summed E-state index contributed by atoms with van der Waals surface area (Å²) in [6.45, 7) is 5.94. The molecule has 0 aromatic heterocycles. The summed E-state index contributed by atoms with van der Waals surface area (Å²) in [5.74, 6) is 0.392. The number of aromatic hydroxyl groups is 1. The van der Waals surface area contributed by atoms with Crippen LogP contribution in [0.1, 0.15) is 16.7 Å². The van der Waals surface area contributed by atoms with Gasteiger partial charge in [-0.25, -0.2) is 0 Å². The first-order chi connectivity index (χ1) is 6.02. The molecule has 0 amide bonds. The summed E-state index contributed by atoms with van der Waals surface area (Å²) in [7, 11) is 3.75. The van der Waals surface area contributed by atoms with E-state index < -0.39 is 0 Å². The van der Waals surface area contributed by atoms with Crippen molar-refractivity contribution in [1.29, 1.82) is 0 Å². The molecule has 0 spiro atoms. The monoisotopic (exact) mass is 181 g/mol. The molecule has 2 N–H and O–H groups in total. The molecule has 0 saturated carbocycles. The van der Waals surface area contributed by atoms with Crippen molar-refractivity contribution in [2.45, 2.75) is 20.8 Å². The van der Waals surface area contributed by atoms with Crippen LogP contribution in [0.3, 0.4) is 0 Å². The lowest BCUT2D eigenvalue weighted by atomic mass is 10.1. The quantitative estimate of drug-likeness (QED) is 0.643. The summed E-state index contributed by atoms with van der Waals surface area (Å²) in [5.41, 5.74) is 3.32. The average Bonchev–Trinajstić information content (AvgIpc) is 2.03. The van der Waals surface area contributed by atoms with Gasteiger partial charge in [-0.3, -0.25) is 0 Å². The maximum Gasteiger partial charge on any atom is 0.118 e. The number of phenolic OH excluding ortho intramolecular Hbond substituents is 1. The fourth-order valence-electron chi connectivity index (χ4n) is 0.945. The van der Waals surface area contributed by atoms with Crippen molar-refractivity contribution < 1.29 is 5.11 Å². The Balaban J connectivity index is 0.000000424. The van der Waals surface area contributed by atoms with E-state index in [4.69, 9.17) is 0 Å². The SMILES string of the molecule is CNC.Cc1cc(C)c(O)cc1C. The van der Waals surface area contributed by atoms with Gasteiger partial charge in [-0.15, -0.1) is 0 Å². The average molecular weight is 181 g/mol. The van der Waals surface area contributed by atoms with Crippen molar-refractivity contribution in [3.05, 3.63) is 28.8 Å². The molecule has 0 heterocycles. The molecule has 0 aliphatic rings. The van der Waals surface area contributed by atoms with Crippen LogP contribution in [0.15, 0.2) is 12.1 Å². The Kier molecular flexibility index (Phi) is 5.16. The molecule has 0 bridgehead atoms. The lowest BCUT2D eigenvalue weighted by molar-refractivity contribution is 0.470. The van der Waals surface area contributed by atoms with Crippen molar-refractivity contribution in [2.24, 2.45) is 0 Å². The third-order valence-corrected chi connectivity index (χ3v) is 1.81. The van der Waals surface area contributed by atoms with Crippen LogP contribution < -0.4 is 5.32 Å². The van der Waals surface area contributed by atoms with Gasteiger partial charge in [0.05, 0.1) is 0 Å². The molecule has 2 nitrogen and oxygen atoms in total. The Labute approximate surface area is 80.6 Å². The molecule has 13 heavy (non-hydrogen) atoms. The van der Waals surface area contributed by atoms with E-state index in [1.54, 1.807) is 6.07 Å². The van der Waals surface area contributed by atoms with E-state index in [2.05, 4.69) is 5.32 Å². The maximum absolute atomic E-state index is 9.22. The summed E-state index contributed by atoms with van der Waals surface area (Å²) in [6, 6.07) is 3.79. The lowest BCUT2D eigenvalue weighted by Gasteiger charge is -2.02. The van der Waals surface area contributed by atoms with E-state index in [1.807, 2.05) is 40.9 Å². The minimum absolute atomic E-state index is 0.392. The van der Waals surface area contributed by atoms with Crippen LogP contribution in [0.2, 0.25) is 0 Å². The Hall–Kier alpha value is -1.02. The highest BCUT2D eigenvalue weighted by molar-refractivity contribution is 5.39. The number of nitrogens with one attached hydrogen (secondary N) is 1. The number of phenols is 1. The van der Waals surface area contributed by atoms with E-state index in [-0.39, 0.29) is 0 Å². The molecule has 1 aromatic carbocycles. The smallest absolute Gasteiger partial charge is 0.118 e. The first-order valence-corrected chi connectivity index (χ1v) is 4.38. The maximum atomic E-state index is 9.22. The van der Waals surface area contributed by atoms with Crippen molar-refractivity contribution in [3.8, 4) is 5.75 Å². The molecular formula is C11H19NO. The number of aryl methyl sites for hydroxylation is 3. The van der Waals surface area contributed by atoms with E-state index in [1.165, 1.54) is 5.56 Å². The van der Waals surface area contributed by atoms with Crippen LogP contribution >= 0.6 is 0 Å². The summed E-state index contributed by atoms with van der Waals surface area (Å²) >= 11 is 0. The van der Waals surface area contributed by atoms with Crippen molar-refractivity contribution in [3.63, 3.8) is 0 Å². The zero-order valence-electron chi connectivity index (χ0n) is 9.10. The number of hydrogen-bond donors (Lipinski definition) is 2. The molecule has 2 heteroatoms. The van der Waals surface area contributed by atoms with Gasteiger partial charge in [-0.2, -0.15) is 0 Å². The number of hydrogen-bond acceptors (Lipinski definition) is 2. The van der Waals surface area contributed by atoms with Gasteiger partial charge in [0.2, 0.25) is 0 Å². The molecule has 0 radical (unpaired) electrons. The van der Waals surface area contributed by atoms with Gasteiger partial charge in [0, 0.05) is 0 Å². The van der Waals surface area contributed by atoms with Crippen LogP contribution in [-0.2, 0) is 0 Å². The fourth-order valence-corrected chi connectivity index (χ4v) is 0.945. The molecular weight excluding hydrogens is 162 g/mol. The van der Waals surface area contributed by atoms with Gasteiger partial charge in [0.25, 0.3) is 0 Å². The standard InChI is InChI=1S/C9H12O.C2H7N/c1-6-4-8(3)9(10)5-7(6)2;1-3-2/h4-5,10H,1-3H3;3H,1-2H3. The zero-order valence-corrected chi connectivity index (χ0v) is 9.10. The van der Waals surface area contributed by atoms with Gasteiger partial charge in [-0.1, -0.05) is 6.07 Å². The molecule has 0 saturated heterocycles. The molecule has 1 aromatic rings. The highest BCUT2D eigenvalue weighted by Crippen LogP contribution is 2.19. The van der Waals surface area contributed by atoms with Crippen LogP contribution in [0.4, 0.5) is 0 Å². The van der Waals surface area contributed by atoms with Crippen LogP contribution in [0.25, 0.3) is 0 Å². The van der Waals surface area contributed by atoms with Crippen molar-refractivity contribution in [2.75, 3.05) is 14.1 Å². The molecule has 0 aliphatic heterocycles. The fraction of sp³-hybridized carbons (Fsp3) is 0.455. The van der Waals surface area contributed by atoms with Gasteiger partial charge in [0.1, 0.15) is 5.75 Å². The Bertz CT molecular complexity index is 219. The van der Waals surface area contributed by atoms with E-state index in [9.17, 15) is 5.11 Å². The second-order valence-corrected chi connectivity index (χ2v) is 3.22. The highest BCUT2D eigenvalue weighted by Gasteiger charge is 1.97. The van der Waals surface area contributed by atoms with Gasteiger partial charge in [-0.05, 0) is 57.6 Å². The van der Waals surface area contributed by atoms with Crippen molar-refractivity contribution >= 4 is 0 Å². The topological polar surface area (TPSA) is 32.3 Å². The Morgan fingerprint density at radius 3 is 1.69 bits per heavy atom. The number of rotatable bonds is 0. The molecule has 0 aliphatic carbocycles. The third kappa shape index (κ3) is 3.95. The summed E-state index contributed by atoms with van der Waals surface area (Å²) in [6.07, 6.45) is 0. The highest BCUT2D eigenvalue weighted by atomic mass is 16.3. The zero-order chi connectivity index (χ0) is 10.4.